The summed E-state index contributed by atoms with van der Waals surface area (Å²) in [5.41, 5.74) is 0. The second-order valence-electron chi connectivity index (χ2n) is 6.37. The van der Waals surface area contributed by atoms with Crippen LogP contribution in [0.5, 0.6) is 0 Å². The molecule has 0 aromatic rings. The first kappa shape index (κ1) is 13.1. The number of hydrogen-bond donors (Lipinski definition) is 1. The van der Waals surface area contributed by atoms with Crippen LogP contribution in [0.25, 0.3) is 0 Å². The number of Topliss-reactive ketones (excluding diaryl/α,β-unsaturated/α-hetero) is 1. The van der Waals surface area contributed by atoms with Crippen LogP contribution in [0.1, 0.15) is 52.9 Å². The van der Waals surface area contributed by atoms with Crippen LogP contribution in [-0.2, 0) is 4.79 Å². The van der Waals surface area contributed by atoms with Crippen molar-refractivity contribution in [3.05, 3.63) is 0 Å². The predicted octanol–water partition coefficient (Wildman–Crippen LogP) is 3.02. The molecular formula is C15H27NO. The van der Waals surface area contributed by atoms with Gasteiger partial charge in [-0.3, -0.25) is 4.79 Å². The Kier molecular flexibility index (Phi) is 4.24. The first-order chi connectivity index (χ1) is 8.11. The number of nitrogens with one attached hydrogen (secondary N) is 1. The smallest absolute Gasteiger partial charge is 0.138 e. The topological polar surface area (TPSA) is 29.1 Å². The van der Waals surface area contributed by atoms with Gasteiger partial charge in [0.05, 0.1) is 0 Å². The maximum absolute atomic E-state index is 12.3. The fourth-order valence-corrected chi connectivity index (χ4v) is 3.96. The minimum absolute atomic E-state index is 0.292. The molecule has 1 saturated heterocycles. The van der Waals surface area contributed by atoms with E-state index >= 15 is 0 Å². The quantitative estimate of drug-likeness (QED) is 0.800. The van der Waals surface area contributed by atoms with E-state index in [4.69, 9.17) is 0 Å². The standard InChI is InChI=1S/C15H27NO/c1-4-12-5-6-16-13(9-12)15-11(3)7-10(2)8-14(15)17/h10-13,15-16H,4-9H2,1-3H3. The van der Waals surface area contributed by atoms with Gasteiger partial charge in [0.1, 0.15) is 5.78 Å². The van der Waals surface area contributed by atoms with Crippen molar-refractivity contribution in [2.75, 3.05) is 6.54 Å². The number of carbonyl (C=O) groups is 1. The third-order valence-corrected chi connectivity index (χ3v) is 4.87. The van der Waals surface area contributed by atoms with Crippen LogP contribution in [0, 0.1) is 23.7 Å². The molecule has 2 aliphatic rings. The highest BCUT2D eigenvalue weighted by Crippen LogP contribution is 2.36. The number of carbonyl (C=O) groups excluding carboxylic acids is 1. The van der Waals surface area contributed by atoms with Gasteiger partial charge >= 0.3 is 0 Å². The zero-order valence-electron chi connectivity index (χ0n) is 11.5. The molecule has 0 radical (unpaired) electrons. The summed E-state index contributed by atoms with van der Waals surface area (Å²) in [6.45, 7) is 7.87. The van der Waals surface area contributed by atoms with E-state index in [0.29, 0.717) is 29.6 Å². The van der Waals surface area contributed by atoms with Gasteiger partial charge in [-0.1, -0.05) is 27.2 Å². The molecule has 2 fully saturated rings. The Bertz CT molecular complexity index is 276. The highest BCUT2D eigenvalue weighted by atomic mass is 16.1. The van der Waals surface area contributed by atoms with Crippen LogP contribution in [-0.4, -0.2) is 18.4 Å². The minimum Gasteiger partial charge on any atom is -0.313 e. The van der Waals surface area contributed by atoms with Crippen LogP contribution in [0.4, 0.5) is 0 Å². The highest BCUT2D eigenvalue weighted by Gasteiger charge is 2.39. The first-order valence-electron chi connectivity index (χ1n) is 7.37. The summed E-state index contributed by atoms with van der Waals surface area (Å²) in [7, 11) is 0. The van der Waals surface area contributed by atoms with Crippen molar-refractivity contribution in [2.24, 2.45) is 23.7 Å². The fraction of sp³-hybridized carbons (Fsp3) is 0.933. The molecule has 0 bridgehead atoms. The Morgan fingerprint density at radius 1 is 1.29 bits per heavy atom. The fourth-order valence-electron chi connectivity index (χ4n) is 3.96. The van der Waals surface area contributed by atoms with E-state index < -0.39 is 0 Å². The average Bonchev–Trinajstić information content (AvgIpc) is 2.28. The van der Waals surface area contributed by atoms with Crippen molar-refractivity contribution < 1.29 is 4.79 Å². The van der Waals surface area contributed by atoms with Gasteiger partial charge in [0, 0.05) is 18.4 Å². The molecule has 1 aliphatic heterocycles. The van der Waals surface area contributed by atoms with Crippen molar-refractivity contribution in [1.29, 1.82) is 0 Å². The van der Waals surface area contributed by atoms with Gasteiger partial charge in [0.15, 0.2) is 0 Å². The van der Waals surface area contributed by atoms with Crippen molar-refractivity contribution in [2.45, 2.75) is 58.9 Å². The monoisotopic (exact) mass is 237 g/mol. The largest absolute Gasteiger partial charge is 0.313 e. The van der Waals surface area contributed by atoms with Gasteiger partial charge in [-0.05, 0) is 43.6 Å². The molecule has 2 heteroatoms. The third-order valence-electron chi connectivity index (χ3n) is 4.87. The molecule has 0 aromatic heterocycles. The Labute approximate surface area is 106 Å². The van der Waals surface area contributed by atoms with Gasteiger partial charge in [0.2, 0.25) is 0 Å². The lowest BCUT2D eigenvalue weighted by Crippen LogP contribution is -2.49. The van der Waals surface area contributed by atoms with Gasteiger partial charge in [0.25, 0.3) is 0 Å². The molecule has 2 rings (SSSR count). The summed E-state index contributed by atoms with van der Waals surface area (Å²) in [5, 5.41) is 3.61. The van der Waals surface area contributed by atoms with Gasteiger partial charge in [-0.2, -0.15) is 0 Å². The van der Waals surface area contributed by atoms with E-state index in [0.717, 1.165) is 18.9 Å². The highest BCUT2D eigenvalue weighted by molar-refractivity contribution is 5.83. The van der Waals surface area contributed by atoms with Gasteiger partial charge in [-0.25, -0.2) is 0 Å². The maximum atomic E-state index is 12.3. The summed E-state index contributed by atoms with van der Waals surface area (Å²) in [6, 6.07) is 0.462. The second kappa shape index (κ2) is 5.51. The zero-order chi connectivity index (χ0) is 12.4. The number of ketones is 1. The first-order valence-corrected chi connectivity index (χ1v) is 7.37. The molecule has 17 heavy (non-hydrogen) atoms. The summed E-state index contributed by atoms with van der Waals surface area (Å²) >= 11 is 0. The third kappa shape index (κ3) is 2.90. The van der Waals surface area contributed by atoms with Crippen LogP contribution in [0.2, 0.25) is 0 Å². The lowest BCUT2D eigenvalue weighted by Gasteiger charge is -2.40. The molecule has 5 atom stereocenters. The SMILES string of the molecule is CCC1CCNC(C2C(=O)CC(C)CC2C)C1. The molecule has 0 aromatic carbocycles. The van der Waals surface area contributed by atoms with Crippen LogP contribution < -0.4 is 5.32 Å². The molecular weight excluding hydrogens is 210 g/mol. The second-order valence-corrected chi connectivity index (χ2v) is 6.37. The Morgan fingerprint density at radius 3 is 2.71 bits per heavy atom. The van der Waals surface area contributed by atoms with E-state index in [-0.39, 0.29) is 0 Å². The van der Waals surface area contributed by atoms with E-state index in [2.05, 4.69) is 26.1 Å². The van der Waals surface area contributed by atoms with Crippen LogP contribution in [0.3, 0.4) is 0 Å². The van der Waals surface area contributed by atoms with E-state index in [1.807, 2.05) is 0 Å². The van der Waals surface area contributed by atoms with Crippen LogP contribution >= 0.6 is 0 Å². The van der Waals surface area contributed by atoms with Gasteiger partial charge in [-0.15, -0.1) is 0 Å². The van der Waals surface area contributed by atoms with Crippen molar-refractivity contribution >= 4 is 5.78 Å². The minimum atomic E-state index is 0.292. The Balaban J connectivity index is 2.02. The molecule has 1 saturated carbocycles. The summed E-state index contributed by atoms with van der Waals surface area (Å²) in [6.07, 6.45) is 5.81. The molecule has 2 nitrogen and oxygen atoms in total. The molecule has 98 valence electrons. The van der Waals surface area contributed by atoms with Gasteiger partial charge < -0.3 is 5.32 Å². The molecule has 1 heterocycles. The lowest BCUT2D eigenvalue weighted by atomic mass is 9.69. The summed E-state index contributed by atoms with van der Waals surface area (Å²) in [4.78, 5) is 12.3. The van der Waals surface area contributed by atoms with Crippen molar-refractivity contribution in [3.63, 3.8) is 0 Å². The summed E-state index contributed by atoms with van der Waals surface area (Å²) < 4.78 is 0. The number of rotatable bonds is 2. The Morgan fingerprint density at radius 2 is 2.06 bits per heavy atom. The number of piperidine rings is 1. The molecule has 1 aliphatic carbocycles. The van der Waals surface area contributed by atoms with E-state index in [9.17, 15) is 4.79 Å². The molecule has 0 spiro atoms. The lowest BCUT2D eigenvalue weighted by molar-refractivity contribution is -0.129. The Hall–Kier alpha value is -0.370. The predicted molar refractivity (Wildman–Crippen MR) is 70.9 cm³/mol. The summed E-state index contributed by atoms with van der Waals surface area (Å²) in [5.74, 6) is 2.81. The normalized spacial score (nSPS) is 43.7. The molecule has 5 unspecified atom stereocenters. The van der Waals surface area contributed by atoms with Crippen LogP contribution in [0.15, 0.2) is 0 Å². The molecule has 0 amide bonds. The number of hydrogen-bond acceptors (Lipinski definition) is 2. The van der Waals surface area contributed by atoms with E-state index in [1.54, 1.807) is 0 Å². The molecule has 1 N–H and O–H groups in total. The van der Waals surface area contributed by atoms with E-state index in [1.165, 1.54) is 25.7 Å². The average molecular weight is 237 g/mol. The van der Waals surface area contributed by atoms with Crippen molar-refractivity contribution in [3.8, 4) is 0 Å². The zero-order valence-corrected chi connectivity index (χ0v) is 11.5. The van der Waals surface area contributed by atoms with Crippen molar-refractivity contribution in [1.82, 2.24) is 5.32 Å². The maximum Gasteiger partial charge on any atom is 0.138 e.